The zero-order valence-corrected chi connectivity index (χ0v) is 17.9. The number of anilines is 1. The molecule has 2 unspecified atom stereocenters. The van der Waals surface area contributed by atoms with Crippen molar-refractivity contribution in [1.29, 1.82) is 0 Å². The number of halogens is 2. The van der Waals surface area contributed by atoms with E-state index in [1.165, 1.54) is 6.07 Å². The van der Waals surface area contributed by atoms with Crippen LogP contribution in [0.5, 0.6) is 0 Å². The Balaban J connectivity index is 1.94. The van der Waals surface area contributed by atoms with Crippen LogP contribution in [0.15, 0.2) is 48.5 Å². The Morgan fingerprint density at radius 2 is 1.97 bits per heavy atom. The van der Waals surface area contributed by atoms with Gasteiger partial charge in [0, 0.05) is 35.9 Å². The third-order valence-corrected chi connectivity index (χ3v) is 5.88. The van der Waals surface area contributed by atoms with Gasteiger partial charge in [-0.2, -0.15) is 0 Å². The van der Waals surface area contributed by atoms with Gasteiger partial charge in [-0.1, -0.05) is 50.6 Å². The third-order valence-electron chi connectivity index (χ3n) is 5.64. The summed E-state index contributed by atoms with van der Waals surface area (Å²) in [7, 11) is 0. The van der Waals surface area contributed by atoms with Gasteiger partial charge in [-0.05, 0) is 54.2 Å². The predicted octanol–water partition coefficient (Wildman–Crippen LogP) is 6.04. The van der Waals surface area contributed by atoms with E-state index in [0.717, 1.165) is 11.3 Å². The molecule has 0 spiro atoms. The zero-order chi connectivity index (χ0) is 21.2. The monoisotopic (exact) mass is 418 g/mol. The number of hydrogen-bond donors (Lipinski definition) is 1. The molecule has 0 bridgehead atoms. The van der Waals surface area contributed by atoms with Gasteiger partial charge < -0.3 is 14.9 Å². The van der Waals surface area contributed by atoms with Crippen LogP contribution in [0.1, 0.15) is 39.2 Å². The lowest BCUT2D eigenvalue weighted by Gasteiger charge is -2.48. The minimum absolute atomic E-state index is 0.0932. The summed E-state index contributed by atoms with van der Waals surface area (Å²) in [6, 6.07) is 14.2. The topological polar surface area (TPSA) is 43.8 Å². The molecule has 1 saturated heterocycles. The Hall–Kier alpha value is -2.27. The van der Waals surface area contributed by atoms with Crippen molar-refractivity contribution in [3.8, 4) is 0 Å². The fourth-order valence-corrected chi connectivity index (χ4v) is 4.41. The van der Waals surface area contributed by atoms with Crippen LogP contribution in [0.3, 0.4) is 0 Å². The van der Waals surface area contributed by atoms with Gasteiger partial charge in [0.15, 0.2) is 0 Å². The lowest BCUT2D eigenvalue weighted by molar-refractivity contribution is 0.0520. The van der Waals surface area contributed by atoms with E-state index in [-0.39, 0.29) is 23.3 Å². The molecule has 156 valence electrons. The standard InChI is InChI=1S/C23H28ClFN2O2/c1-23(2,3)21-14-20(10-11-26(21)22(28)29)27(19-9-5-8-18(25)13-19)15-16-6-4-7-17(24)12-16/h4-9,12-13,20-21H,10-11,14-15H2,1-3H3,(H,28,29). The lowest BCUT2D eigenvalue weighted by Crippen LogP contribution is -2.56. The molecule has 1 heterocycles. The van der Waals surface area contributed by atoms with E-state index in [9.17, 15) is 14.3 Å². The van der Waals surface area contributed by atoms with Crippen molar-refractivity contribution in [1.82, 2.24) is 4.90 Å². The van der Waals surface area contributed by atoms with Gasteiger partial charge in [-0.25, -0.2) is 9.18 Å². The van der Waals surface area contributed by atoms with Gasteiger partial charge in [0.1, 0.15) is 5.82 Å². The van der Waals surface area contributed by atoms with Crippen molar-refractivity contribution < 1.29 is 14.3 Å². The summed E-state index contributed by atoms with van der Waals surface area (Å²) in [5, 5.41) is 10.3. The van der Waals surface area contributed by atoms with Crippen LogP contribution in [0.25, 0.3) is 0 Å². The molecule has 2 aromatic rings. The van der Waals surface area contributed by atoms with Crippen LogP contribution < -0.4 is 4.90 Å². The molecule has 1 aliphatic heterocycles. The largest absolute Gasteiger partial charge is 0.465 e. The quantitative estimate of drug-likeness (QED) is 0.657. The van der Waals surface area contributed by atoms with Gasteiger partial charge in [-0.15, -0.1) is 0 Å². The van der Waals surface area contributed by atoms with Crippen LogP contribution in [-0.4, -0.2) is 34.7 Å². The zero-order valence-electron chi connectivity index (χ0n) is 17.1. The van der Waals surface area contributed by atoms with Crippen LogP contribution in [0.2, 0.25) is 5.02 Å². The minimum Gasteiger partial charge on any atom is -0.465 e. The van der Waals surface area contributed by atoms with Crippen molar-refractivity contribution in [3.63, 3.8) is 0 Å². The Kier molecular flexibility index (Phi) is 6.37. The van der Waals surface area contributed by atoms with E-state index in [2.05, 4.69) is 25.7 Å². The van der Waals surface area contributed by atoms with Crippen molar-refractivity contribution >= 4 is 23.4 Å². The summed E-state index contributed by atoms with van der Waals surface area (Å²) < 4.78 is 14.0. The first-order chi connectivity index (χ1) is 13.6. The minimum atomic E-state index is -0.879. The van der Waals surface area contributed by atoms with Gasteiger partial charge in [0.05, 0.1) is 0 Å². The molecular weight excluding hydrogens is 391 g/mol. The van der Waals surface area contributed by atoms with Crippen LogP contribution in [-0.2, 0) is 6.54 Å². The first kappa shape index (κ1) is 21.4. The van der Waals surface area contributed by atoms with E-state index in [1.54, 1.807) is 17.0 Å². The maximum Gasteiger partial charge on any atom is 0.407 e. The lowest BCUT2D eigenvalue weighted by atomic mass is 9.78. The number of carboxylic acid groups (broad SMARTS) is 1. The number of amides is 1. The summed E-state index contributed by atoms with van der Waals surface area (Å²) in [6.07, 6.45) is 0.499. The molecule has 1 fully saturated rings. The number of rotatable bonds is 4. The van der Waals surface area contributed by atoms with Crippen molar-refractivity contribution in [2.75, 3.05) is 11.4 Å². The number of likely N-dealkylation sites (tertiary alicyclic amines) is 1. The molecule has 0 radical (unpaired) electrons. The molecule has 0 aromatic heterocycles. The molecule has 29 heavy (non-hydrogen) atoms. The van der Waals surface area contributed by atoms with Crippen LogP contribution in [0, 0.1) is 11.2 Å². The molecule has 0 saturated carbocycles. The summed E-state index contributed by atoms with van der Waals surface area (Å²) in [5.74, 6) is -0.283. The maximum atomic E-state index is 14.0. The fraction of sp³-hybridized carbons (Fsp3) is 0.435. The molecule has 2 aromatic carbocycles. The summed E-state index contributed by atoms with van der Waals surface area (Å²) in [4.78, 5) is 15.5. The average Bonchev–Trinajstić information content (AvgIpc) is 2.65. The molecular formula is C23H28ClFN2O2. The summed E-state index contributed by atoms with van der Waals surface area (Å²) >= 11 is 6.17. The molecule has 6 heteroatoms. The Morgan fingerprint density at radius 3 is 2.59 bits per heavy atom. The van der Waals surface area contributed by atoms with E-state index in [4.69, 9.17) is 11.6 Å². The van der Waals surface area contributed by atoms with E-state index in [1.807, 2.05) is 30.3 Å². The number of benzene rings is 2. The van der Waals surface area contributed by atoms with Crippen LogP contribution in [0.4, 0.5) is 14.9 Å². The van der Waals surface area contributed by atoms with E-state index < -0.39 is 6.09 Å². The highest BCUT2D eigenvalue weighted by Gasteiger charge is 2.40. The second-order valence-electron chi connectivity index (χ2n) is 8.77. The van der Waals surface area contributed by atoms with Gasteiger partial charge >= 0.3 is 6.09 Å². The highest BCUT2D eigenvalue weighted by atomic mass is 35.5. The molecule has 1 amide bonds. The fourth-order valence-electron chi connectivity index (χ4n) is 4.20. The van der Waals surface area contributed by atoms with Gasteiger partial charge in [0.2, 0.25) is 0 Å². The highest BCUT2D eigenvalue weighted by Crippen LogP contribution is 2.36. The number of piperidine rings is 1. The Labute approximate surface area is 176 Å². The second-order valence-corrected chi connectivity index (χ2v) is 9.21. The average molecular weight is 419 g/mol. The third kappa shape index (κ3) is 5.21. The molecule has 4 nitrogen and oxygen atoms in total. The molecule has 1 aliphatic rings. The normalized spacial score (nSPS) is 19.8. The molecule has 0 aliphatic carbocycles. The first-order valence-corrected chi connectivity index (χ1v) is 10.3. The molecule has 2 atom stereocenters. The smallest absolute Gasteiger partial charge is 0.407 e. The van der Waals surface area contributed by atoms with Gasteiger partial charge in [-0.3, -0.25) is 0 Å². The van der Waals surface area contributed by atoms with E-state index >= 15 is 0 Å². The second kappa shape index (κ2) is 8.62. The first-order valence-electron chi connectivity index (χ1n) is 9.91. The molecule has 1 N–H and O–H groups in total. The van der Waals surface area contributed by atoms with Gasteiger partial charge in [0.25, 0.3) is 0 Å². The van der Waals surface area contributed by atoms with Crippen molar-refractivity contribution in [2.45, 2.75) is 52.2 Å². The Bertz CT molecular complexity index is 868. The number of nitrogens with zero attached hydrogens (tertiary/aromatic N) is 2. The Morgan fingerprint density at radius 1 is 1.24 bits per heavy atom. The molecule has 3 rings (SSSR count). The number of carbonyl (C=O) groups is 1. The summed E-state index contributed by atoms with van der Waals surface area (Å²) in [6.45, 7) is 7.25. The highest BCUT2D eigenvalue weighted by molar-refractivity contribution is 6.30. The summed E-state index contributed by atoms with van der Waals surface area (Å²) in [5.41, 5.74) is 1.64. The van der Waals surface area contributed by atoms with Crippen molar-refractivity contribution in [2.24, 2.45) is 5.41 Å². The predicted molar refractivity (Wildman–Crippen MR) is 115 cm³/mol. The maximum absolute atomic E-state index is 14.0. The van der Waals surface area contributed by atoms with Crippen LogP contribution >= 0.6 is 11.6 Å². The van der Waals surface area contributed by atoms with Crippen molar-refractivity contribution in [3.05, 3.63) is 64.9 Å². The van der Waals surface area contributed by atoms with E-state index in [0.29, 0.717) is 31.0 Å². The SMILES string of the molecule is CC(C)(C)C1CC(N(Cc2cccc(Cl)c2)c2cccc(F)c2)CCN1C(=O)O. The number of hydrogen-bond acceptors (Lipinski definition) is 2.